The molecular weight excluding hydrogens is 628 g/mol. The third-order valence-corrected chi connectivity index (χ3v) is 9.24. The predicted octanol–water partition coefficient (Wildman–Crippen LogP) is 1.24. The third-order valence-electron chi connectivity index (χ3n) is 9.24. The summed E-state index contributed by atoms with van der Waals surface area (Å²) in [4.78, 5) is 85.3. The topological polar surface area (TPSA) is 157 Å². The van der Waals surface area contributed by atoms with Gasteiger partial charge in [-0.05, 0) is 80.5 Å². The van der Waals surface area contributed by atoms with Gasteiger partial charge in [-0.3, -0.25) is 28.8 Å². The highest BCUT2D eigenvalue weighted by Gasteiger charge is 2.40. The average Bonchev–Trinajstić information content (AvgIpc) is 3.55. The Labute approximate surface area is 286 Å². The van der Waals surface area contributed by atoms with Gasteiger partial charge in [0.05, 0.1) is 0 Å². The second-order valence-corrected chi connectivity index (χ2v) is 13.6. The minimum absolute atomic E-state index is 0.110. The monoisotopic (exact) mass is 674 g/mol. The highest BCUT2D eigenvalue weighted by atomic mass is 16.5. The molecule has 0 aromatic heterocycles. The van der Waals surface area contributed by atoms with E-state index in [9.17, 15) is 28.8 Å². The van der Waals surface area contributed by atoms with E-state index in [2.05, 4.69) is 16.0 Å². The Kier molecular flexibility index (Phi) is 10.9. The zero-order valence-electron chi connectivity index (χ0n) is 28.8. The van der Waals surface area contributed by atoms with E-state index in [1.165, 1.54) is 16.7 Å². The van der Waals surface area contributed by atoms with Gasteiger partial charge in [-0.25, -0.2) is 0 Å². The van der Waals surface area contributed by atoms with E-state index in [1.54, 1.807) is 29.2 Å². The number of carbonyl (C=O) groups excluding carboxylic acids is 6. The number of fused-ring (bicyclic) bond motifs is 13. The van der Waals surface area contributed by atoms with E-state index in [1.807, 2.05) is 45.9 Å². The fraction of sp³-hybridized carbons (Fsp3) is 0.500. The molecule has 0 radical (unpaired) electrons. The molecule has 6 rings (SSSR count). The molecule has 262 valence electrons. The summed E-state index contributed by atoms with van der Waals surface area (Å²) in [6.45, 7) is 9.52. The van der Waals surface area contributed by atoms with Crippen molar-refractivity contribution >= 4 is 41.1 Å². The number of aryl methyl sites for hydroxylation is 2. The number of rotatable bonds is 3. The molecule has 0 unspecified atom stereocenters. The summed E-state index contributed by atoms with van der Waals surface area (Å²) in [7, 11) is 0. The molecule has 2 saturated heterocycles. The number of benzene rings is 2. The van der Waals surface area contributed by atoms with Crippen LogP contribution < -0.4 is 25.6 Å². The van der Waals surface area contributed by atoms with Gasteiger partial charge in [-0.2, -0.15) is 0 Å². The van der Waals surface area contributed by atoms with Crippen molar-refractivity contribution in [2.24, 2.45) is 5.92 Å². The quantitative estimate of drug-likeness (QED) is 0.442. The van der Waals surface area contributed by atoms with Gasteiger partial charge >= 0.3 is 0 Å². The lowest BCUT2D eigenvalue weighted by Crippen LogP contribution is -2.60. The molecular formula is C36H46N6O7. The maximum absolute atomic E-state index is 14.0. The largest absolute Gasteiger partial charge is 0.484 e. The molecule has 0 aliphatic carbocycles. The SMILES string of the molecule is Cc1cc(C)cc(N2CCN(C(=O)[C@@H]3Cc4ccc(cc4)OCC(=O)N[C@H](C(C)C)C(=O)N4CCC[C@H]4C(=O)N[C@@H](C)C(=O)N3)CC2=O)c1. The zero-order valence-corrected chi connectivity index (χ0v) is 28.8. The van der Waals surface area contributed by atoms with Crippen molar-refractivity contribution in [1.82, 2.24) is 25.8 Å². The van der Waals surface area contributed by atoms with Crippen LogP contribution >= 0.6 is 0 Å². The van der Waals surface area contributed by atoms with E-state index < -0.39 is 47.8 Å². The third kappa shape index (κ3) is 8.38. The lowest BCUT2D eigenvalue weighted by atomic mass is 10.0. The van der Waals surface area contributed by atoms with Crippen molar-refractivity contribution in [2.45, 2.75) is 78.0 Å². The van der Waals surface area contributed by atoms with Crippen molar-refractivity contribution in [3.8, 4) is 5.75 Å². The van der Waals surface area contributed by atoms with Crippen molar-refractivity contribution in [1.29, 1.82) is 0 Å². The van der Waals surface area contributed by atoms with Gasteiger partial charge in [-0.1, -0.05) is 32.0 Å². The second-order valence-electron chi connectivity index (χ2n) is 13.6. The lowest BCUT2D eigenvalue weighted by Gasteiger charge is -2.36. The summed E-state index contributed by atoms with van der Waals surface area (Å²) >= 11 is 0. The molecule has 0 saturated carbocycles. The van der Waals surface area contributed by atoms with Crippen LogP contribution in [-0.4, -0.2) is 102 Å². The van der Waals surface area contributed by atoms with Gasteiger partial charge in [-0.15, -0.1) is 0 Å². The van der Waals surface area contributed by atoms with Gasteiger partial charge in [0.15, 0.2) is 6.61 Å². The number of hydrogen-bond acceptors (Lipinski definition) is 7. The molecule has 13 nitrogen and oxygen atoms in total. The maximum atomic E-state index is 14.0. The Morgan fingerprint density at radius 3 is 2.22 bits per heavy atom. The first-order valence-electron chi connectivity index (χ1n) is 16.9. The fourth-order valence-electron chi connectivity index (χ4n) is 6.65. The smallest absolute Gasteiger partial charge is 0.258 e. The Morgan fingerprint density at radius 2 is 1.57 bits per heavy atom. The van der Waals surface area contributed by atoms with Crippen LogP contribution in [0.25, 0.3) is 0 Å². The normalized spacial score (nSPS) is 24.4. The average molecular weight is 675 g/mol. The van der Waals surface area contributed by atoms with E-state index in [4.69, 9.17) is 4.74 Å². The summed E-state index contributed by atoms with van der Waals surface area (Å²) in [6.07, 6.45) is 1.11. The van der Waals surface area contributed by atoms with Crippen LogP contribution in [0.15, 0.2) is 42.5 Å². The number of anilines is 1. The number of amides is 6. The summed E-state index contributed by atoms with van der Waals surface area (Å²) in [5.74, 6) is -2.41. The van der Waals surface area contributed by atoms with Gasteiger partial charge in [0, 0.05) is 31.7 Å². The van der Waals surface area contributed by atoms with Crippen molar-refractivity contribution < 1.29 is 33.5 Å². The maximum Gasteiger partial charge on any atom is 0.258 e. The van der Waals surface area contributed by atoms with Gasteiger partial charge < -0.3 is 35.4 Å². The minimum atomic E-state index is -1.04. The van der Waals surface area contributed by atoms with Gasteiger partial charge in [0.1, 0.15) is 36.5 Å². The second kappa shape index (κ2) is 15.1. The molecule has 2 fully saturated rings. The first kappa shape index (κ1) is 35.4. The summed E-state index contributed by atoms with van der Waals surface area (Å²) in [6, 6.07) is 8.96. The molecule has 2 aromatic carbocycles. The molecule has 4 atom stereocenters. The van der Waals surface area contributed by atoms with E-state index >= 15 is 0 Å². The summed E-state index contributed by atoms with van der Waals surface area (Å²) in [5, 5.41) is 8.31. The molecule has 3 N–H and O–H groups in total. The Morgan fingerprint density at radius 1 is 0.878 bits per heavy atom. The van der Waals surface area contributed by atoms with E-state index in [-0.39, 0.29) is 43.8 Å². The van der Waals surface area contributed by atoms with E-state index in [0.29, 0.717) is 37.2 Å². The fourth-order valence-corrected chi connectivity index (χ4v) is 6.65. The standard InChI is InChI=1S/C36H46N6O7/c1-21(2)32-36(48)42-12-6-7-29(42)34(46)37-24(5)33(45)38-28(18-25-8-10-27(11-9-25)49-20-30(43)39-32)35(47)40-13-14-41(31(44)19-40)26-16-22(3)15-23(4)17-26/h8-11,15-17,21,24,28-29,32H,6-7,12-14,18-20H2,1-5H3,(H,37,46)(H,38,45)(H,39,43)/t24-,28-,29-,32+/m0/s1. The lowest BCUT2D eigenvalue weighted by molar-refractivity contribution is -0.143. The van der Waals surface area contributed by atoms with Crippen molar-refractivity contribution in [3.63, 3.8) is 0 Å². The molecule has 4 aliphatic rings. The summed E-state index contributed by atoms with van der Waals surface area (Å²) in [5.41, 5.74) is 3.55. The molecule has 2 aromatic rings. The molecule has 2 bridgehead atoms. The molecule has 0 spiro atoms. The van der Waals surface area contributed by atoms with Crippen LogP contribution in [0.4, 0.5) is 5.69 Å². The van der Waals surface area contributed by atoms with Crippen molar-refractivity contribution in [2.75, 3.05) is 37.7 Å². The number of hydrogen-bond donors (Lipinski definition) is 3. The number of ether oxygens (including phenoxy) is 1. The predicted molar refractivity (Wildman–Crippen MR) is 182 cm³/mol. The van der Waals surface area contributed by atoms with Crippen LogP contribution in [0.5, 0.6) is 5.75 Å². The highest BCUT2D eigenvalue weighted by Crippen LogP contribution is 2.23. The van der Waals surface area contributed by atoms with Gasteiger partial charge in [0.2, 0.25) is 29.5 Å². The first-order chi connectivity index (χ1) is 23.3. The van der Waals surface area contributed by atoms with Crippen LogP contribution in [0.1, 0.15) is 50.3 Å². The number of nitrogens with zero attached hydrogens (tertiary/aromatic N) is 3. The Balaban J connectivity index is 1.37. The minimum Gasteiger partial charge on any atom is -0.484 e. The number of piperazine rings is 1. The zero-order chi connectivity index (χ0) is 35.4. The van der Waals surface area contributed by atoms with Crippen LogP contribution in [0.3, 0.4) is 0 Å². The van der Waals surface area contributed by atoms with Crippen LogP contribution in [0.2, 0.25) is 0 Å². The highest BCUT2D eigenvalue weighted by molar-refractivity contribution is 6.00. The van der Waals surface area contributed by atoms with Gasteiger partial charge in [0.25, 0.3) is 5.91 Å². The van der Waals surface area contributed by atoms with Crippen LogP contribution in [-0.2, 0) is 35.2 Å². The van der Waals surface area contributed by atoms with Crippen molar-refractivity contribution in [3.05, 3.63) is 59.2 Å². The molecule has 4 aliphatic heterocycles. The Bertz CT molecular complexity index is 1590. The molecule has 4 heterocycles. The number of carbonyl (C=O) groups is 6. The molecule has 49 heavy (non-hydrogen) atoms. The molecule has 6 amide bonds. The van der Waals surface area contributed by atoms with E-state index in [0.717, 1.165) is 16.8 Å². The number of nitrogens with one attached hydrogen (secondary N) is 3. The first-order valence-corrected chi connectivity index (χ1v) is 16.9. The Hall–Kier alpha value is -4.94. The van der Waals surface area contributed by atoms with Crippen LogP contribution in [0, 0.1) is 19.8 Å². The summed E-state index contributed by atoms with van der Waals surface area (Å²) < 4.78 is 5.69. The molecule has 13 heteroatoms.